The van der Waals surface area contributed by atoms with Gasteiger partial charge in [-0.15, -0.1) is 0 Å². The number of carbonyl (C=O) groups is 1. The van der Waals surface area contributed by atoms with E-state index in [9.17, 15) is 0 Å². The van der Waals surface area contributed by atoms with Gasteiger partial charge in [0.15, 0.2) is 0 Å². The van der Waals surface area contributed by atoms with Gasteiger partial charge >= 0.3 is 0 Å². The van der Waals surface area contributed by atoms with Crippen molar-refractivity contribution in [3.63, 3.8) is 0 Å². The third-order valence-corrected chi connectivity index (χ3v) is 1.84. The molecule has 0 amide bonds. The fourth-order valence-corrected chi connectivity index (χ4v) is 0.917. The lowest BCUT2D eigenvalue weighted by Gasteiger charge is -2.24. The summed E-state index contributed by atoms with van der Waals surface area (Å²) in [5.41, 5.74) is 0. The SMILES string of the molecule is CC(=O)O.CCN1CCOCC1.CCOC. The number of ether oxygens (including phenoxy) is 2. The standard InChI is InChI=1S/C6H13NO.C3H8O.C2H4O2/c1-2-7-3-5-8-6-4-7;1-3-4-2;1-2(3)4/h2-6H2,1H3;3H2,1-2H3;1H3,(H,3,4). The average molecular weight is 235 g/mol. The van der Waals surface area contributed by atoms with E-state index in [0.29, 0.717) is 0 Å². The molecule has 1 rings (SSSR count). The van der Waals surface area contributed by atoms with E-state index in [1.807, 2.05) is 6.92 Å². The van der Waals surface area contributed by atoms with Crippen LogP contribution in [-0.4, -0.2) is 62.5 Å². The molecule has 1 fully saturated rings. The summed E-state index contributed by atoms with van der Waals surface area (Å²) in [5, 5.41) is 7.42. The molecule has 0 aromatic rings. The van der Waals surface area contributed by atoms with Crippen molar-refractivity contribution < 1.29 is 19.4 Å². The summed E-state index contributed by atoms with van der Waals surface area (Å²) >= 11 is 0. The van der Waals surface area contributed by atoms with E-state index in [1.165, 1.54) is 6.54 Å². The van der Waals surface area contributed by atoms with Crippen LogP contribution in [0.4, 0.5) is 0 Å². The minimum atomic E-state index is -0.833. The van der Waals surface area contributed by atoms with Gasteiger partial charge in [-0.1, -0.05) is 6.92 Å². The fraction of sp³-hybridized carbons (Fsp3) is 0.909. The quantitative estimate of drug-likeness (QED) is 0.776. The summed E-state index contributed by atoms with van der Waals surface area (Å²) in [7, 11) is 1.68. The predicted molar refractivity (Wildman–Crippen MR) is 63.8 cm³/mol. The molecule has 0 unspecified atom stereocenters. The van der Waals surface area contributed by atoms with Crippen LogP contribution >= 0.6 is 0 Å². The zero-order chi connectivity index (χ0) is 12.8. The van der Waals surface area contributed by atoms with Gasteiger partial charge in [-0.05, 0) is 13.5 Å². The van der Waals surface area contributed by atoms with E-state index in [4.69, 9.17) is 14.6 Å². The lowest BCUT2D eigenvalue weighted by molar-refractivity contribution is -0.134. The number of likely N-dealkylation sites (N-methyl/N-ethyl adjacent to an activating group) is 1. The second kappa shape index (κ2) is 14.3. The highest BCUT2D eigenvalue weighted by Gasteiger charge is 2.05. The molecule has 1 aliphatic rings. The summed E-state index contributed by atoms with van der Waals surface area (Å²) in [4.78, 5) is 11.4. The van der Waals surface area contributed by atoms with Crippen LogP contribution in [0.25, 0.3) is 0 Å². The Labute approximate surface area is 98.3 Å². The van der Waals surface area contributed by atoms with Crippen LogP contribution < -0.4 is 0 Å². The Hall–Kier alpha value is -0.650. The topological polar surface area (TPSA) is 59.0 Å². The lowest BCUT2D eigenvalue weighted by Crippen LogP contribution is -2.35. The van der Waals surface area contributed by atoms with Crippen LogP contribution in [0, 0.1) is 0 Å². The van der Waals surface area contributed by atoms with E-state index in [-0.39, 0.29) is 0 Å². The molecule has 5 heteroatoms. The molecule has 0 spiro atoms. The van der Waals surface area contributed by atoms with Crippen LogP contribution in [0.1, 0.15) is 20.8 Å². The number of morpholine rings is 1. The van der Waals surface area contributed by atoms with Gasteiger partial charge in [0.2, 0.25) is 0 Å². The molecule has 0 radical (unpaired) electrons. The van der Waals surface area contributed by atoms with Gasteiger partial charge in [0, 0.05) is 33.7 Å². The molecular weight excluding hydrogens is 210 g/mol. The van der Waals surface area contributed by atoms with Gasteiger partial charge in [-0.3, -0.25) is 9.69 Å². The summed E-state index contributed by atoms with van der Waals surface area (Å²) in [6, 6.07) is 0. The van der Waals surface area contributed by atoms with Gasteiger partial charge in [0.05, 0.1) is 13.2 Å². The van der Waals surface area contributed by atoms with Gasteiger partial charge < -0.3 is 14.6 Å². The maximum Gasteiger partial charge on any atom is 0.300 e. The van der Waals surface area contributed by atoms with E-state index < -0.39 is 5.97 Å². The second-order valence-electron chi connectivity index (χ2n) is 3.14. The monoisotopic (exact) mass is 235 g/mol. The van der Waals surface area contributed by atoms with E-state index in [1.54, 1.807) is 7.11 Å². The first-order valence-electron chi connectivity index (χ1n) is 5.56. The van der Waals surface area contributed by atoms with Crippen molar-refractivity contribution in [2.45, 2.75) is 20.8 Å². The first-order valence-corrected chi connectivity index (χ1v) is 5.56. The molecule has 16 heavy (non-hydrogen) atoms. The molecule has 98 valence electrons. The minimum absolute atomic E-state index is 0.819. The Kier molecular flexibility index (Phi) is 15.9. The largest absolute Gasteiger partial charge is 0.481 e. The third-order valence-electron chi connectivity index (χ3n) is 1.84. The second-order valence-corrected chi connectivity index (χ2v) is 3.14. The molecule has 0 aromatic carbocycles. The fourth-order valence-electron chi connectivity index (χ4n) is 0.917. The molecular formula is C11H25NO4. The maximum atomic E-state index is 9.00. The van der Waals surface area contributed by atoms with Gasteiger partial charge in [0.25, 0.3) is 5.97 Å². The van der Waals surface area contributed by atoms with Crippen molar-refractivity contribution in [1.29, 1.82) is 0 Å². The number of rotatable bonds is 2. The molecule has 0 aliphatic carbocycles. The highest BCUT2D eigenvalue weighted by molar-refractivity contribution is 5.62. The Balaban J connectivity index is 0. The first kappa shape index (κ1) is 17.7. The summed E-state index contributed by atoms with van der Waals surface area (Å²) < 4.78 is 9.70. The lowest BCUT2D eigenvalue weighted by atomic mass is 10.4. The number of hydrogen-bond donors (Lipinski definition) is 1. The average Bonchev–Trinajstić information content (AvgIpc) is 2.30. The smallest absolute Gasteiger partial charge is 0.300 e. The molecule has 1 aliphatic heterocycles. The summed E-state index contributed by atoms with van der Waals surface area (Å²) in [6.07, 6.45) is 0. The highest BCUT2D eigenvalue weighted by atomic mass is 16.5. The number of nitrogens with zero attached hydrogens (tertiary/aromatic N) is 1. The van der Waals surface area contributed by atoms with Crippen LogP contribution in [0.2, 0.25) is 0 Å². The highest BCUT2D eigenvalue weighted by Crippen LogP contribution is 1.93. The molecule has 1 saturated heterocycles. The molecule has 0 aromatic heterocycles. The van der Waals surface area contributed by atoms with Crippen LogP contribution in [0.5, 0.6) is 0 Å². The number of hydrogen-bond acceptors (Lipinski definition) is 4. The molecule has 0 atom stereocenters. The summed E-state index contributed by atoms with van der Waals surface area (Å²) in [5.74, 6) is -0.833. The molecule has 1 heterocycles. The number of carboxylic acids is 1. The summed E-state index contributed by atoms with van der Waals surface area (Å²) in [6.45, 7) is 11.3. The van der Waals surface area contributed by atoms with Crippen LogP contribution in [0.3, 0.4) is 0 Å². The number of methoxy groups -OCH3 is 1. The Morgan fingerprint density at radius 2 is 1.75 bits per heavy atom. The van der Waals surface area contributed by atoms with Gasteiger partial charge in [-0.2, -0.15) is 0 Å². The third kappa shape index (κ3) is 19.0. The number of carboxylic acid groups (broad SMARTS) is 1. The Morgan fingerprint density at radius 1 is 1.38 bits per heavy atom. The number of aliphatic carboxylic acids is 1. The normalized spacial score (nSPS) is 15.2. The predicted octanol–water partition coefficient (Wildman–Crippen LogP) is 1.08. The maximum absolute atomic E-state index is 9.00. The van der Waals surface area contributed by atoms with E-state index in [0.717, 1.165) is 39.8 Å². The van der Waals surface area contributed by atoms with Crippen LogP contribution in [-0.2, 0) is 14.3 Å². The van der Waals surface area contributed by atoms with Crippen LogP contribution in [0.15, 0.2) is 0 Å². The van der Waals surface area contributed by atoms with Crippen molar-refractivity contribution in [2.24, 2.45) is 0 Å². The van der Waals surface area contributed by atoms with E-state index >= 15 is 0 Å². The molecule has 0 saturated carbocycles. The Morgan fingerprint density at radius 3 is 1.94 bits per heavy atom. The zero-order valence-corrected chi connectivity index (χ0v) is 10.9. The van der Waals surface area contributed by atoms with E-state index in [2.05, 4.69) is 16.6 Å². The van der Waals surface area contributed by atoms with Crippen molar-refractivity contribution in [2.75, 3.05) is 46.6 Å². The zero-order valence-electron chi connectivity index (χ0n) is 10.9. The van der Waals surface area contributed by atoms with Gasteiger partial charge in [-0.25, -0.2) is 0 Å². The first-order chi connectivity index (χ1) is 7.58. The Bertz CT molecular complexity index is 141. The van der Waals surface area contributed by atoms with Crippen molar-refractivity contribution >= 4 is 5.97 Å². The molecule has 1 N–H and O–H groups in total. The molecule has 0 bridgehead atoms. The van der Waals surface area contributed by atoms with Crippen molar-refractivity contribution in [3.05, 3.63) is 0 Å². The van der Waals surface area contributed by atoms with Crippen molar-refractivity contribution in [1.82, 2.24) is 4.90 Å². The van der Waals surface area contributed by atoms with Crippen molar-refractivity contribution in [3.8, 4) is 0 Å². The minimum Gasteiger partial charge on any atom is -0.481 e. The van der Waals surface area contributed by atoms with Gasteiger partial charge in [0.1, 0.15) is 0 Å². The molecule has 5 nitrogen and oxygen atoms in total.